The summed E-state index contributed by atoms with van der Waals surface area (Å²) < 4.78 is 13.1. The fourth-order valence-electron chi connectivity index (χ4n) is 4.03. The molecule has 4 nitrogen and oxygen atoms in total. The Morgan fingerprint density at radius 3 is 2.58 bits per heavy atom. The van der Waals surface area contributed by atoms with E-state index in [0.717, 1.165) is 29.7 Å². The van der Waals surface area contributed by atoms with Gasteiger partial charge in [0.25, 0.3) is 0 Å². The number of amides is 1. The lowest BCUT2D eigenvalue weighted by molar-refractivity contribution is -0.122. The van der Waals surface area contributed by atoms with E-state index in [1.54, 1.807) is 11.3 Å². The fraction of sp³-hybridized carbons (Fsp3) is 0.722. The average Bonchev–Trinajstić information content (AvgIpc) is 2.78. The highest BCUT2D eigenvalue weighted by atomic mass is 79.9. The molecule has 0 bridgehead atoms. The smallest absolute Gasteiger partial charge is 0.410 e. The third kappa shape index (κ3) is 3.37. The molecule has 1 fully saturated rings. The summed E-state index contributed by atoms with van der Waals surface area (Å²) in [5.74, 6) is 0. The SMILES string of the molecule is C[C@@H]1CC2(C[C@H](C)N1C(=O)OC(C)(C)C)OCCc1cc(Br)sc12. The van der Waals surface area contributed by atoms with Gasteiger partial charge in [0.05, 0.1) is 10.4 Å². The van der Waals surface area contributed by atoms with E-state index in [1.165, 1.54) is 10.4 Å². The molecule has 1 amide bonds. The summed E-state index contributed by atoms with van der Waals surface area (Å²) in [4.78, 5) is 15.8. The third-order valence-corrected chi connectivity index (χ3v) is 6.61. The van der Waals surface area contributed by atoms with E-state index in [1.807, 2.05) is 25.7 Å². The second-order valence-corrected chi connectivity index (χ2v) is 10.4. The molecule has 6 heteroatoms. The van der Waals surface area contributed by atoms with Crippen molar-refractivity contribution in [1.82, 2.24) is 4.90 Å². The highest BCUT2D eigenvalue weighted by Crippen LogP contribution is 2.49. The first-order chi connectivity index (χ1) is 11.1. The first-order valence-electron chi connectivity index (χ1n) is 8.55. The Morgan fingerprint density at radius 2 is 2.00 bits per heavy atom. The van der Waals surface area contributed by atoms with Crippen molar-refractivity contribution in [2.24, 2.45) is 0 Å². The van der Waals surface area contributed by atoms with Gasteiger partial charge in [-0.25, -0.2) is 4.79 Å². The van der Waals surface area contributed by atoms with Crippen molar-refractivity contribution in [2.45, 2.75) is 77.2 Å². The van der Waals surface area contributed by atoms with Crippen LogP contribution in [0.1, 0.15) is 57.9 Å². The molecule has 3 heterocycles. The standard InChI is InChI=1S/C18H26BrNO3S/c1-11-9-18(15-13(6-7-22-18)8-14(19)24-15)10-12(2)20(11)16(21)23-17(3,4)5/h8,11-12H,6-7,9-10H2,1-5H3/t11-,12+,18?. The molecule has 2 aliphatic rings. The van der Waals surface area contributed by atoms with Gasteiger partial charge >= 0.3 is 6.09 Å². The van der Waals surface area contributed by atoms with Crippen molar-refractivity contribution >= 4 is 33.4 Å². The van der Waals surface area contributed by atoms with Crippen LogP contribution in [0.25, 0.3) is 0 Å². The van der Waals surface area contributed by atoms with Gasteiger partial charge in [-0.15, -0.1) is 11.3 Å². The molecular formula is C18H26BrNO3S. The van der Waals surface area contributed by atoms with Crippen LogP contribution < -0.4 is 0 Å². The summed E-state index contributed by atoms with van der Waals surface area (Å²) >= 11 is 5.40. The second kappa shape index (κ2) is 6.29. The van der Waals surface area contributed by atoms with Crippen LogP contribution in [-0.4, -0.2) is 35.3 Å². The Bertz CT molecular complexity index is 625. The predicted molar refractivity (Wildman–Crippen MR) is 99.6 cm³/mol. The Morgan fingerprint density at radius 1 is 1.38 bits per heavy atom. The summed E-state index contributed by atoms with van der Waals surface area (Å²) in [6.45, 7) is 10.7. The number of carbonyl (C=O) groups is 1. The van der Waals surface area contributed by atoms with Crippen molar-refractivity contribution in [3.8, 4) is 0 Å². The quantitative estimate of drug-likeness (QED) is 0.592. The first-order valence-corrected chi connectivity index (χ1v) is 10.2. The number of rotatable bonds is 0. The van der Waals surface area contributed by atoms with E-state index >= 15 is 0 Å². The zero-order chi connectivity index (χ0) is 17.7. The molecule has 3 atom stereocenters. The molecule has 1 saturated heterocycles. The summed E-state index contributed by atoms with van der Waals surface area (Å²) in [5.41, 5.74) is 0.656. The number of hydrogen-bond donors (Lipinski definition) is 0. The number of fused-ring (bicyclic) bond motifs is 2. The number of nitrogens with zero attached hydrogens (tertiary/aromatic N) is 1. The highest BCUT2D eigenvalue weighted by Gasteiger charge is 2.49. The van der Waals surface area contributed by atoms with Crippen LogP contribution in [0.4, 0.5) is 4.79 Å². The zero-order valence-electron chi connectivity index (χ0n) is 15.0. The number of piperidine rings is 1. The summed E-state index contributed by atoms with van der Waals surface area (Å²) in [6, 6.07) is 2.38. The van der Waals surface area contributed by atoms with Crippen molar-refractivity contribution in [2.75, 3.05) is 6.61 Å². The fourth-order valence-corrected chi connectivity index (χ4v) is 5.90. The normalized spacial score (nSPS) is 30.3. The first kappa shape index (κ1) is 18.2. The van der Waals surface area contributed by atoms with Gasteiger partial charge in [0.15, 0.2) is 0 Å². The molecule has 24 heavy (non-hydrogen) atoms. The van der Waals surface area contributed by atoms with Crippen LogP contribution in [0.3, 0.4) is 0 Å². The van der Waals surface area contributed by atoms with Gasteiger partial charge < -0.3 is 14.4 Å². The lowest BCUT2D eigenvalue weighted by atomic mass is 9.79. The van der Waals surface area contributed by atoms with Gasteiger partial charge in [0, 0.05) is 29.8 Å². The lowest BCUT2D eigenvalue weighted by Gasteiger charge is -2.50. The largest absolute Gasteiger partial charge is 0.444 e. The maximum atomic E-state index is 12.6. The molecule has 0 aliphatic carbocycles. The minimum absolute atomic E-state index is 0.0791. The molecule has 2 aliphatic heterocycles. The Hall–Kier alpha value is -0.590. The number of ether oxygens (including phenoxy) is 2. The number of thiophene rings is 1. The van der Waals surface area contributed by atoms with Gasteiger partial charge in [-0.2, -0.15) is 0 Å². The number of hydrogen-bond acceptors (Lipinski definition) is 4. The number of halogens is 1. The van der Waals surface area contributed by atoms with Crippen molar-refractivity contribution in [3.63, 3.8) is 0 Å². The molecule has 1 aromatic rings. The van der Waals surface area contributed by atoms with Gasteiger partial charge in [-0.05, 0) is 68.6 Å². The van der Waals surface area contributed by atoms with E-state index in [-0.39, 0.29) is 23.8 Å². The molecule has 0 saturated carbocycles. The highest BCUT2D eigenvalue weighted by molar-refractivity contribution is 9.11. The summed E-state index contributed by atoms with van der Waals surface area (Å²) in [7, 11) is 0. The van der Waals surface area contributed by atoms with E-state index in [9.17, 15) is 4.79 Å². The molecule has 0 radical (unpaired) electrons. The van der Waals surface area contributed by atoms with Crippen molar-refractivity contribution < 1.29 is 14.3 Å². The van der Waals surface area contributed by atoms with Crippen LogP contribution >= 0.6 is 27.3 Å². The van der Waals surface area contributed by atoms with E-state index < -0.39 is 5.60 Å². The maximum Gasteiger partial charge on any atom is 0.410 e. The summed E-state index contributed by atoms with van der Waals surface area (Å²) in [6.07, 6.45) is 2.38. The number of likely N-dealkylation sites (tertiary alicyclic amines) is 1. The number of carbonyl (C=O) groups excluding carboxylic acids is 1. The molecule has 1 spiro atoms. The van der Waals surface area contributed by atoms with Gasteiger partial charge in [0.2, 0.25) is 0 Å². The Kier molecular flexibility index (Phi) is 4.77. The van der Waals surface area contributed by atoms with E-state index in [2.05, 4.69) is 35.8 Å². The zero-order valence-corrected chi connectivity index (χ0v) is 17.4. The molecule has 0 aromatic carbocycles. The van der Waals surface area contributed by atoms with Crippen LogP contribution in [0.2, 0.25) is 0 Å². The molecule has 1 aromatic heterocycles. The maximum absolute atomic E-state index is 12.6. The molecule has 0 N–H and O–H groups in total. The van der Waals surface area contributed by atoms with Crippen LogP contribution in [0.5, 0.6) is 0 Å². The Balaban J connectivity index is 1.85. The van der Waals surface area contributed by atoms with Gasteiger partial charge in [-0.3, -0.25) is 0 Å². The third-order valence-electron chi connectivity index (χ3n) is 4.75. The van der Waals surface area contributed by atoms with E-state index in [0.29, 0.717) is 0 Å². The average molecular weight is 416 g/mol. The van der Waals surface area contributed by atoms with Crippen LogP contribution in [-0.2, 0) is 21.5 Å². The molecule has 134 valence electrons. The predicted octanol–water partition coefficient (Wildman–Crippen LogP) is 5.09. The minimum Gasteiger partial charge on any atom is -0.444 e. The molecular weight excluding hydrogens is 390 g/mol. The molecule has 1 unspecified atom stereocenters. The summed E-state index contributed by atoms with van der Waals surface area (Å²) in [5, 5.41) is 0. The van der Waals surface area contributed by atoms with Crippen LogP contribution in [0.15, 0.2) is 9.85 Å². The minimum atomic E-state index is -0.473. The van der Waals surface area contributed by atoms with Crippen molar-refractivity contribution in [3.05, 3.63) is 20.3 Å². The van der Waals surface area contributed by atoms with Crippen LogP contribution in [0, 0.1) is 0 Å². The topological polar surface area (TPSA) is 38.8 Å². The van der Waals surface area contributed by atoms with Crippen molar-refractivity contribution in [1.29, 1.82) is 0 Å². The monoisotopic (exact) mass is 415 g/mol. The van der Waals surface area contributed by atoms with Gasteiger partial charge in [0.1, 0.15) is 11.2 Å². The Labute approximate surface area is 156 Å². The molecule has 3 rings (SSSR count). The van der Waals surface area contributed by atoms with E-state index in [4.69, 9.17) is 9.47 Å². The van der Waals surface area contributed by atoms with Gasteiger partial charge in [-0.1, -0.05) is 0 Å². The second-order valence-electron chi connectivity index (χ2n) is 7.99. The lowest BCUT2D eigenvalue weighted by Crippen LogP contribution is -2.57.